The molecule has 1 fully saturated rings. The predicted molar refractivity (Wildman–Crippen MR) is 86.5 cm³/mol. The van der Waals surface area contributed by atoms with Gasteiger partial charge in [-0.05, 0) is 18.9 Å². The van der Waals surface area contributed by atoms with Crippen LogP contribution < -0.4 is 15.2 Å². The summed E-state index contributed by atoms with van der Waals surface area (Å²) in [7, 11) is 3.16. The molecule has 1 aromatic rings. The molecule has 1 aliphatic carbocycles. The summed E-state index contributed by atoms with van der Waals surface area (Å²) in [6, 6.07) is 1.80. The molecule has 2 N–H and O–H groups in total. The molecule has 0 bridgehead atoms. The number of benzene rings is 1. The Labute approximate surface area is 134 Å². The van der Waals surface area contributed by atoms with Gasteiger partial charge >= 0.3 is 0 Å². The predicted octanol–water partition coefficient (Wildman–Crippen LogP) is 3.44. The van der Waals surface area contributed by atoms with Crippen LogP contribution in [0.5, 0.6) is 11.5 Å². The van der Waals surface area contributed by atoms with E-state index in [1.165, 1.54) is 6.42 Å². The lowest BCUT2D eigenvalue weighted by molar-refractivity contribution is 0.111. The number of ether oxygens (including phenoxy) is 2. The van der Waals surface area contributed by atoms with Gasteiger partial charge in [0.2, 0.25) is 0 Å². The Morgan fingerprint density at radius 2 is 1.86 bits per heavy atom. The van der Waals surface area contributed by atoms with Gasteiger partial charge in [0.15, 0.2) is 17.8 Å². The van der Waals surface area contributed by atoms with Crippen molar-refractivity contribution in [3.8, 4) is 11.5 Å². The van der Waals surface area contributed by atoms with Gasteiger partial charge in [0.25, 0.3) is 0 Å². The molecule has 4 nitrogen and oxygen atoms in total. The Hall–Kier alpha value is -1.07. The fourth-order valence-electron chi connectivity index (χ4n) is 3.40. The van der Waals surface area contributed by atoms with Crippen LogP contribution in [-0.4, -0.2) is 27.1 Å². The van der Waals surface area contributed by atoms with Crippen LogP contribution in [-0.2, 0) is 5.41 Å². The average molecular weight is 356 g/mol. The molecular weight excluding hydrogens is 334 g/mol. The van der Waals surface area contributed by atoms with Crippen LogP contribution in [0.25, 0.3) is 0 Å². The molecule has 1 saturated carbocycles. The van der Waals surface area contributed by atoms with Crippen molar-refractivity contribution in [2.24, 2.45) is 5.73 Å². The van der Waals surface area contributed by atoms with Gasteiger partial charge < -0.3 is 15.2 Å². The van der Waals surface area contributed by atoms with Crippen LogP contribution >= 0.6 is 15.9 Å². The number of rotatable bonds is 5. The fourth-order valence-corrected chi connectivity index (χ4v) is 4.25. The maximum Gasteiger partial charge on any atom is 0.171 e. The summed E-state index contributed by atoms with van der Waals surface area (Å²) < 4.78 is 11.9. The molecule has 0 radical (unpaired) electrons. The molecule has 0 spiro atoms. The first-order valence-electron chi connectivity index (χ1n) is 7.23. The molecular formula is C16H22BrNO3. The van der Waals surface area contributed by atoms with E-state index in [1.807, 2.05) is 0 Å². The average Bonchev–Trinajstić information content (AvgIpc) is 2.54. The maximum atomic E-state index is 11.3. The van der Waals surface area contributed by atoms with Crippen molar-refractivity contribution in [3.05, 3.63) is 21.7 Å². The standard InChI is InChI=1S/C16H22BrNO3/c1-20-14-11(9-19)8-12(17)13(15(14)21-2)16(10-18)6-4-3-5-7-16/h8-9H,3-7,10,18H2,1-2H3. The monoisotopic (exact) mass is 355 g/mol. The van der Waals surface area contributed by atoms with E-state index in [9.17, 15) is 4.79 Å². The van der Waals surface area contributed by atoms with Gasteiger partial charge in [-0.25, -0.2) is 0 Å². The molecule has 1 aliphatic rings. The lowest BCUT2D eigenvalue weighted by atomic mass is 9.69. The minimum absolute atomic E-state index is 0.114. The van der Waals surface area contributed by atoms with Gasteiger partial charge in [0.1, 0.15) is 0 Å². The molecule has 0 aliphatic heterocycles. The van der Waals surface area contributed by atoms with E-state index in [1.54, 1.807) is 20.3 Å². The normalized spacial score (nSPS) is 17.3. The van der Waals surface area contributed by atoms with E-state index in [4.69, 9.17) is 15.2 Å². The van der Waals surface area contributed by atoms with Gasteiger partial charge in [0, 0.05) is 22.0 Å². The van der Waals surface area contributed by atoms with Gasteiger partial charge in [-0.1, -0.05) is 35.2 Å². The quantitative estimate of drug-likeness (QED) is 0.821. The molecule has 0 aromatic heterocycles. The third-order valence-corrected chi connectivity index (χ3v) is 5.11. The summed E-state index contributed by atoms with van der Waals surface area (Å²) in [6.45, 7) is 0.561. The first kappa shape index (κ1) is 16.3. The van der Waals surface area contributed by atoms with E-state index < -0.39 is 0 Å². The topological polar surface area (TPSA) is 61.5 Å². The zero-order chi connectivity index (χ0) is 15.5. The number of aldehydes is 1. The lowest BCUT2D eigenvalue weighted by Gasteiger charge is -2.38. The molecule has 0 atom stereocenters. The number of carbonyl (C=O) groups excluding carboxylic acids is 1. The Kier molecular flexibility index (Phi) is 5.27. The molecule has 2 rings (SSSR count). The Morgan fingerprint density at radius 1 is 1.24 bits per heavy atom. The van der Waals surface area contributed by atoms with Crippen LogP contribution in [0, 0.1) is 0 Å². The van der Waals surface area contributed by atoms with Gasteiger partial charge in [0.05, 0.1) is 19.8 Å². The summed E-state index contributed by atoms with van der Waals surface area (Å²) >= 11 is 3.60. The molecule has 0 amide bonds. The highest BCUT2D eigenvalue weighted by Crippen LogP contribution is 2.50. The zero-order valence-corrected chi connectivity index (χ0v) is 14.2. The molecule has 0 saturated heterocycles. The first-order chi connectivity index (χ1) is 10.1. The number of nitrogens with two attached hydrogens (primary N) is 1. The van der Waals surface area contributed by atoms with E-state index >= 15 is 0 Å². The minimum atomic E-state index is -0.114. The van der Waals surface area contributed by atoms with E-state index in [2.05, 4.69) is 15.9 Å². The molecule has 116 valence electrons. The summed E-state index contributed by atoms with van der Waals surface area (Å²) in [5.41, 5.74) is 7.54. The SMILES string of the molecule is COc1c(C=O)cc(Br)c(C2(CN)CCCCC2)c1OC. The van der Waals surface area contributed by atoms with Crippen molar-refractivity contribution in [1.29, 1.82) is 0 Å². The highest BCUT2D eigenvalue weighted by atomic mass is 79.9. The Balaban J connectivity index is 2.69. The largest absolute Gasteiger partial charge is 0.492 e. The Morgan fingerprint density at radius 3 is 2.33 bits per heavy atom. The smallest absolute Gasteiger partial charge is 0.171 e. The second kappa shape index (κ2) is 6.79. The molecule has 5 heteroatoms. The maximum absolute atomic E-state index is 11.3. The summed E-state index contributed by atoms with van der Waals surface area (Å²) in [4.78, 5) is 11.3. The number of carbonyl (C=O) groups is 1. The van der Waals surface area contributed by atoms with Crippen LogP contribution in [0.4, 0.5) is 0 Å². The molecule has 0 unspecified atom stereocenters. The van der Waals surface area contributed by atoms with Gasteiger partial charge in [-0.15, -0.1) is 0 Å². The van der Waals surface area contributed by atoms with Gasteiger partial charge in [-0.2, -0.15) is 0 Å². The first-order valence-corrected chi connectivity index (χ1v) is 8.03. The second-order valence-electron chi connectivity index (χ2n) is 5.55. The highest BCUT2D eigenvalue weighted by molar-refractivity contribution is 9.10. The Bertz CT molecular complexity index is 525. The van der Waals surface area contributed by atoms with Crippen molar-refractivity contribution in [2.75, 3.05) is 20.8 Å². The van der Waals surface area contributed by atoms with Crippen molar-refractivity contribution in [1.82, 2.24) is 0 Å². The molecule has 0 heterocycles. The van der Waals surface area contributed by atoms with Crippen molar-refractivity contribution in [3.63, 3.8) is 0 Å². The van der Waals surface area contributed by atoms with Crippen molar-refractivity contribution < 1.29 is 14.3 Å². The third kappa shape index (κ3) is 2.81. The summed E-state index contributed by atoms with van der Waals surface area (Å²) in [5.74, 6) is 1.12. The molecule has 21 heavy (non-hydrogen) atoms. The van der Waals surface area contributed by atoms with Crippen LogP contribution in [0.1, 0.15) is 48.0 Å². The van der Waals surface area contributed by atoms with Crippen LogP contribution in [0.3, 0.4) is 0 Å². The van der Waals surface area contributed by atoms with Crippen LogP contribution in [0.15, 0.2) is 10.5 Å². The van der Waals surface area contributed by atoms with Crippen molar-refractivity contribution >= 4 is 22.2 Å². The summed E-state index contributed by atoms with van der Waals surface area (Å²) in [5, 5.41) is 0. The number of methoxy groups -OCH3 is 2. The number of hydrogen-bond donors (Lipinski definition) is 1. The summed E-state index contributed by atoms with van der Waals surface area (Å²) in [6.07, 6.45) is 6.40. The zero-order valence-electron chi connectivity index (χ0n) is 12.6. The van der Waals surface area contributed by atoms with E-state index in [0.717, 1.165) is 42.0 Å². The van der Waals surface area contributed by atoms with Crippen LogP contribution in [0.2, 0.25) is 0 Å². The number of halogens is 1. The van der Waals surface area contributed by atoms with E-state index in [-0.39, 0.29) is 5.41 Å². The van der Waals surface area contributed by atoms with Crippen molar-refractivity contribution in [2.45, 2.75) is 37.5 Å². The number of hydrogen-bond acceptors (Lipinski definition) is 4. The van der Waals surface area contributed by atoms with E-state index in [0.29, 0.717) is 23.6 Å². The minimum Gasteiger partial charge on any atom is -0.492 e. The molecule has 1 aromatic carbocycles. The lowest BCUT2D eigenvalue weighted by Crippen LogP contribution is -2.38. The second-order valence-corrected chi connectivity index (χ2v) is 6.41. The van der Waals surface area contributed by atoms with Gasteiger partial charge in [-0.3, -0.25) is 4.79 Å². The fraction of sp³-hybridized carbons (Fsp3) is 0.562. The third-order valence-electron chi connectivity index (χ3n) is 4.48. The highest BCUT2D eigenvalue weighted by Gasteiger charge is 2.38.